The van der Waals surface area contributed by atoms with Crippen molar-refractivity contribution in [2.24, 2.45) is 0 Å². The van der Waals surface area contributed by atoms with Crippen LogP contribution in [-0.2, 0) is 6.54 Å². The lowest BCUT2D eigenvalue weighted by atomic mass is 10.1. The number of aromatic nitrogens is 1. The number of amides is 1. The van der Waals surface area contributed by atoms with Gasteiger partial charge in [-0.05, 0) is 37.8 Å². The van der Waals surface area contributed by atoms with Crippen LogP contribution < -0.4 is 0 Å². The first-order chi connectivity index (χ1) is 10.6. The SMILES string of the molecule is Cc1ccsc1C(=O)N1CCN(Cc2c(C)noc2C)CC1. The lowest BCUT2D eigenvalue weighted by Crippen LogP contribution is -2.48. The molecule has 118 valence electrons. The largest absolute Gasteiger partial charge is 0.361 e. The molecule has 1 amide bonds. The van der Waals surface area contributed by atoms with Crippen LogP contribution in [0.1, 0.15) is 32.3 Å². The van der Waals surface area contributed by atoms with Gasteiger partial charge in [0, 0.05) is 38.3 Å². The summed E-state index contributed by atoms with van der Waals surface area (Å²) < 4.78 is 5.22. The number of rotatable bonds is 3. The molecule has 1 aliphatic rings. The van der Waals surface area contributed by atoms with E-state index in [0.717, 1.165) is 54.6 Å². The van der Waals surface area contributed by atoms with Gasteiger partial charge in [-0.25, -0.2) is 0 Å². The maximum absolute atomic E-state index is 12.5. The summed E-state index contributed by atoms with van der Waals surface area (Å²) in [7, 11) is 0. The summed E-state index contributed by atoms with van der Waals surface area (Å²) in [4.78, 5) is 17.7. The van der Waals surface area contributed by atoms with E-state index in [2.05, 4.69) is 10.1 Å². The maximum atomic E-state index is 12.5. The number of aryl methyl sites for hydroxylation is 3. The van der Waals surface area contributed by atoms with E-state index >= 15 is 0 Å². The summed E-state index contributed by atoms with van der Waals surface area (Å²) in [6.07, 6.45) is 0. The monoisotopic (exact) mass is 319 g/mol. The summed E-state index contributed by atoms with van der Waals surface area (Å²) in [6.45, 7) is 10.1. The molecule has 1 aliphatic heterocycles. The quantitative estimate of drug-likeness (QED) is 0.872. The fourth-order valence-corrected chi connectivity index (χ4v) is 3.69. The van der Waals surface area contributed by atoms with Crippen molar-refractivity contribution in [1.82, 2.24) is 15.0 Å². The third-order valence-corrected chi connectivity index (χ3v) is 5.28. The van der Waals surface area contributed by atoms with Gasteiger partial charge < -0.3 is 9.42 Å². The van der Waals surface area contributed by atoms with Gasteiger partial charge in [0.25, 0.3) is 5.91 Å². The maximum Gasteiger partial charge on any atom is 0.264 e. The van der Waals surface area contributed by atoms with Gasteiger partial charge >= 0.3 is 0 Å². The van der Waals surface area contributed by atoms with Crippen LogP contribution in [0, 0.1) is 20.8 Å². The second-order valence-corrected chi connectivity index (χ2v) is 6.72. The smallest absolute Gasteiger partial charge is 0.264 e. The van der Waals surface area contributed by atoms with Crippen molar-refractivity contribution < 1.29 is 9.32 Å². The van der Waals surface area contributed by atoms with Crippen molar-refractivity contribution >= 4 is 17.2 Å². The van der Waals surface area contributed by atoms with E-state index in [9.17, 15) is 4.79 Å². The van der Waals surface area contributed by atoms with Crippen molar-refractivity contribution in [1.29, 1.82) is 0 Å². The van der Waals surface area contributed by atoms with Gasteiger partial charge in [0.15, 0.2) is 0 Å². The zero-order valence-electron chi connectivity index (χ0n) is 13.3. The first-order valence-electron chi connectivity index (χ1n) is 7.53. The van der Waals surface area contributed by atoms with Gasteiger partial charge in [0.2, 0.25) is 0 Å². The molecule has 1 fully saturated rings. The molecule has 0 unspecified atom stereocenters. The lowest BCUT2D eigenvalue weighted by molar-refractivity contribution is 0.0631. The van der Waals surface area contributed by atoms with Crippen LogP contribution in [0.4, 0.5) is 0 Å². The molecule has 5 nitrogen and oxygen atoms in total. The zero-order valence-corrected chi connectivity index (χ0v) is 14.1. The normalized spacial score (nSPS) is 16.2. The standard InChI is InChI=1S/C16H21N3O2S/c1-11-4-9-22-15(11)16(20)19-7-5-18(6-8-19)10-14-12(2)17-21-13(14)3/h4,9H,5-8,10H2,1-3H3. The number of hydrogen-bond donors (Lipinski definition) is 0. The number of carbonyl (C=O) groups is 1. The molecule has 0 saturated carbocycles. The van der Waals surface area contributed by atoms with Gasteiger partial charge in [0.05, 0.1) is 10.6 Å². The van der Waals surface area contributed by atoms with Crippen molar-refractivity contribution in [3.63, 3.8) is 0 Å². The molecule has 2 aromatic heterocycles. The predicted octanol–water partition coefficient (Wildman–Crippen LogP) is 2.62. The second-order valence-electron chi connectivity index (χ2n) is 5.80. The van der Waals surface area contributed by atoms with Crippen LogP contribution in [0.5, 0.6) is 0 Å². The highest BCUT2D eigenvalue weighted by Gasteiger charge is 2.24. The Morgan fingerprint density at radius 2 is 2.00 bits per heavy atom. The van der Waals surface area contributed by atoms with Crippen LogP contribution in [-0.4, -0.2) is 47.0 Å². The molecular weight excluding hydrogens is 298 g/mol. The molecule has 2 aromatic rings. The van der Waals surface area contributed by atoms with Crippen LogP contribution in [0.3, 0.4) is 0 Å². The number of thiophene rings is 1. The van der Waals surface area contributed by atoms with Crippen LogP contribution in [0.15, 0.2) is 16.0 Å². The molecule has 0 radical (unpaired) electrons. The molecule has 0 bridgehead atoms. The Balaban J connectivity index is 1.59. The molecule has 0 aromatic carbocycles. The third-order valence-electron chi connectivity index (χ3n) is 4.28. The first kappa shape index (κ1) is 15.2. The van der Waals surface area contributed by atoms with Gasteiger partial charge in [-0.1, -0.05) is 5.16 Å². The Hall–Kier alpha value is -1.66. The summed E-state index contributed by atoms with van der Waals surface area (Å²) in [5.41, 5.74) is 3.22. The minimum absolute atomic E-state index is 0.171. The Labute approximate surface area is 134 Å². The topological polar surface area (TPSA) is 49.6 Å². The molecule has 0 atom stereocenters. The fraction of sp³-hybridized carbons (Fsp3) is 0.500. The van der Waals surface area contributed by atoms with E-state index in [0.29, 0.717) is 0 Å². The van der Waals surface area contributed by atoms with Crippen LogP contribution in [0.25, 0.3) is 0 Å². The van der Waals surface area contributed by atoms with E-state index in [1.165, 1.54) is 16.9 Å². The summed E-state index contributed by atoms with van der Waals surface area (Å²) in [5.74, 6) is 1.06. The Bertz CT molecular complexity index is 649. The molecule has 0 aliphatic carbocycles. The lowest BCUT2D eigenvalue weighted by Gasteiger charge is -2.34. The minimum Gasteiger partial charge on any atom is -0.361 e. The van der Waals surface area contributed by atoms with E-state index in [-0.39, 0.29) is 5.91 Å². The summed E-state index contributed by atoms with van der Waals surface area (Å²) in [5, 5.41) is 5.99. The van der Waals surface area contributed by atoms with Gasteiger partial charge in [0.1, 0.15) is 5.76 Å². The molecule has 1 saturated heterocycles. The molecule has 3 rings (SSSR count). The number of carbonyl (C=O) groups excluding carboxylic acids is 1. The molecule has 6 heteroatoms. The molecule has 0 N–H and O–H groups in total. The average molecular weight is 319 g/mol. The van der Waals surface area contributed by atoms with Crippen molar-refractivity contribution in [3.05, 3.63) is 38.9 Å². The molecule has 22 heavy (non-hydrogen) atoms. The van der Waals surface area contributed by atoms with E-state index in [4.69, 9.17) is 4.52 Å². The second kappa shape index (κ2) is 6.22. The van der Waals surface area contributed by atoms with Crippen LogP contribution >= 0.6 is 11.3 Å². The number of piperazine rings is 1. The van der Waals surface area contributed by atoms with Crippen molar-refractivity contribution in [2.75, 3.05) is 26.2 Å². The van der Waals surface area contributed by atoms with Gasteiger partial charge in [-0.3, -0.25) is 9.69 Å². The predicted molar refractivity (Wildman–Crippen MR) is 86.2 cm³/mol. The van der Waals surface area contributed by atoms with Gasteiger partial charge in [-0.15, -0.1) is 11.3 Å². The highest BCUT2D eigenvalue weighted by molar-refractivity contribution is 7.12. The van der Waals surface area contributed by atoms with Crippen LogP contribution in [0.2, 0.25) is 0 Å². The Morgan fingerprint density at radius 1 is 1.27 bits per heavy atom. The highest BCUT2D eigenvalue weighted by Crippen LogP contribution is 2.20. The Kier molecular flexibility index (Phi) is 4.31. The first-order valence-corrected chi connectivity index (χ1v) is 8.41. The van der Waals surface area contributed by atoms with Crippen molar-refractivity contribution in [3.8, 4) is 0 Å². The molecular formula is C16H21N3O2S. The van der Waals surface area contributed by atoms with Gasteiger partial charge in [-0.2, -0.15) is 0 Å². The van der Waals surface area contributed by atoms with E-state index in [1.807, 2.05) is 37.1 Å². The highest BCUT2D eigenvalue weighted by atomic mass is 32.1. The average Bonchev–Trinajstić information content (AvgIpc) is 3.08. The third kappa shape index (κ3) is 2.94. The van der Waals surface area contributed by atoms with Crippen molar-refractivity contribution in [2.45, 2.75) is 27.3 Å². The summed E-state index contributed by atoms with van der Waals surface area (Å²) in [6, 6.07) is 2.01. The zero-order chi connectivity index (χ0) is 15.7. The van der Waals surface area contributed by atoms with E-state index < -0.39 is 0 Å². The molecule has 3 heterocycles. The number of hydrogen-bond acceptors (Lipinski definition) is 5. The summed E-state index contributed by atoms with van der Waals surface area (Å²) >= 11 is 1.53. The minimum atomic E-state index is 0.171. The fourth-order valence-electron chi connectivity index (χ4n) is 2.80. The Morgan fingerprint density at radius 3 is 2.55 bits per heavy atom. The molecule has 0 spiro atoms. The van der Waals surface area contributed by atoms with E-state index in [1.54, 1.807) is 0 Å². The number of nitrogens with zero attached hydrogens (tertiary/aromatic N) is 3.